The van der Waals surface area contributed by atoms with E-state index >= 15 is 0 Å². The number of rotatable bonds is 2. The third-order valence-corrected chi connectivity index (χ3v) is 4.05. The van der Waals surface area contributed by atoms with Gasteiger partial charge >= 0.3 is 5.97 Å². The Kier molecular flexibility index (Phi) is 3.26. The van der Waals surface area contributed by atoms with Crippen molar-refractivity contribution in [3.8, 4) is 0 Å². The van der Waals surface area contributed by atoms with Gasteiger partial charge in [0, 0.05) is 24.1 Å². The number of cyclic esters (lactones) is 1. The highest BCUT2D eigenvalue weighted by atomic mass is 16.6. The monoisotopic (exact) mass is 273 g/mol. The molecule has 1 heterocycles. The first-order chi connectivity index (χ1) is 9.65. The maximum atomic E-state index is 11.7. The second-order valence-corrected chi connectivity index (χ2v) is 5.28. The summed E-state index contributed by atoms with van der Waals surface area (Å²) in [6, 6.07) is 6.30. The molecular weight excluding hydrogens is 258 g/mol. The smallest absolute Gasteiger partial charge is 0.331 e. The lowest BCUT2D eigenvalue weighted by Crippen LogP contribution is -2.28. The molecule has 5 heteroatoms. The van der Waals surface area contributed by atoms with E-state index in [1.165, 1.54) is 12.1 Å². The number of benzene rings is 1. The van der Waals surface area contributed by atoms with E-state index < -0.39 is 4.92 Å². The zero-order valence-electron chi connectivity index (χ0n) is 11.0. The van der Waals surface area contributed by atoms with Crippen LogP contribution in [0, 0.1) is 16.0 Å². The Hall–Kier alpha value is -2.17. The summed E-state index contributed by atoms with van der Waals surface area (Å²) in [5.74, 6) is -0.0793. The van der Waals surface area contributed by atoms with Crippen molar-refractivity contribution in [3.05, 3.63) is 51.6 Å². The van der Waals surface area contributed by atoms with Gasteiger partial charge in [-0.15, -0.1) is 0 Å². The molecule has 1 fully saturated rings. The molecule has 2 aliphatic rings. The van der Waals surface area contributed by atoms with Crippen LogP contribution in [0.3, 0.4) is 0 Å². The van der Waals surface area contributed by atoms with Crippen molar-refractivity contribution in [3.63, 3.8) is 0 Å². The van der Waals surface area contributed by atoms with E-state index in [2.05, 4.69) is 0 Å². The molecule has 0 radical (unpaired) electrons. The third-order valence-electron chi connectivity index (χ3n) is 4.05. The average Bonchev–Trinajstić information content (AvgIpc) is 2.46. The molecule has 3 rings (SSSR count). The predicted molar refractivity (Wildman–Crippen MR) is 72.0 cm³/mol. The van der Waals surface area contributed by atoms with Crippen LogP contribution in [0.15, 0.2) is 35.9 Å². The highest BCUT2D eigenvalue weighted by Gasteiger charge is 2.35. The third kappa shape index (κ3) is 2.31. The topological polar surface area (TPSA) is 69.4 Å². The van der Waals surface area contributed by atoms with Gasteiger partial charge in [0.15, 0.2) is 0 Å². The number of nitro benzene ring substituents is 1. The fraction of sp³-hybridized carbons (Fsp3) is 0.400. The SMILES string of the molecule is O=C1C=C2CCCC[C@@H]2[C@@H](c2ccc([N+](=O)[O-])cc2)O1. The van der Waals surface area contributed by atoms with E-state index in [1.54, 1.807) is 18.2 Å². The fourth-order valence-corrected chi connectivity index (χ4v) is 3.07. The molecule has 5 nitrogen and oxygen atoms in total. The van der Waals surface area contributed by atoms with Gasteiger partial charge in [0.1, 0.15) is 6.10 Å². The van der Waals surface area contributed by atoms with Crippen LogP contribution in [0.5, 0.6) is 0 Å². The molecule has 2 atom stereocenters. The second kappa shape index (κ2) is 5.07. The molecule has 0 saturated heterocycles. The van der Waals surface area contributed by atoms with E-state index in [0.717, 1.165) is 36.8 Å². The molecule has 0 unspecified atom stereocenters. The van der Waals surface area contributed by atoms with E-state index in [9.17, 15) is 14.9 Å². The summed E-state index contributed by atoms with van der Waals surface area (Å²) in [6.45, 7) is 0. The van der Waals surface area contributed by atoms with Crippen LogP contribution in [-0.2, 0) is 9.53 Å². The lowest BCUT2D eigenvalue weighted by atomic mass is 9.77. The minimum absolute atomic E-state index is 0.0512. The molecule has 1 aromatic carbocycles. The number of fused-ring (bicyclic) bond motifs is 1. The summed E-state index contributed by atoms with van der Waals surface area (Å²) in [4.78, 5) is 21.9. The quantitative estimate of drug-likeness (QED) is 0.471. The minimum Gasteiger partial charge on any atom is -0.454 e. The van der Waals surface area contributed by atoms with Crippen LogP contribution in [-0.4, -0.2) is 10.9 Å². The normalized spacial score (nSPS) is 25.4. The number of esters is 1. The standard InChI is InChI=1S/C15H15NO4/c17-14-9-11-3-1-2-4-13(11)15(20-14)10-5-7-12(8-6-10)16(18)19/h5-9,13,15H,1-4H2/t13-,15+/m0/s1. The lowest BCUT2D eigenvalue weighted by molar-refractivity contribution is -0.384. The number of hydrogen-bond acceptors (Lipinski definition) is 4. The highest BCUT2D eigenvalue weighted by Crippen LogP contribution is 2.43. The number of carbonyl (C=O) groups excluding carboxylic acids is 1. The summed E-state index contributed by atoms with van der Waals surface area (Å²) in [5, 5.41) is 10.7. The van der Waals surface area contributed by atoms with E-state index in [-0.39, 0.29) is 23.7 Å². The Morgan fingerprint density at radius 1 is 1.20 bits per heavy atom. The molecule has 1 aliphatic carbocycles. The Morgan fingerprint density at radius 3 is 2.65 bits per heavy atom. The Labute approximate surface area is 116 Å². The van der Waals surface area contributed by atoms with Crippen LogP contribution in [0.2, 0.25) is 0 Å². The van der Waals surface area contributed by atoms with Gasteiger partial charge in [-0.2, -0.15) is 0 Å². The second-order valence-electron chi connectivity index (χ2n) is 5.28. The molecule has 0 aromatic heterocycles. The predicted octanol–water partition coefficient (Wildman–Crippen LogP) is 3.31. The fourth-order valence-electron chi connectivity index (χ4n) is 3.07. The van der Waals surface area contributed by atoms with Crippen molar-refractivity contribution >= 4 is 11.7 Å². The van der Waals surface area contributed by atoms with Gasteiger partial charge in [0.05, 0.1) is 4.92 Å². The number of carbonyl (C=O) groups is 1. The van der Waals surface area contributed by atoms with Crippen LogP contribution in [0.4, 0.5) is 5.69 Å². The van der Waals surface area contributed by atoms with Gasteiger partial charge in [-0.25, -0.2) is 4.79 Å². The first-order valence-corrected chi connectivity index (χ1v) is 6.80. The molecule has 1 aliphatic heterocycles. The molecule has 1 saturated carbocycles. The zero-order valence-corrected chi connectivity index (χ0v) is 11.0. The van der Waals surface area contributed by atoms with Crippen molar-refractivity contribution in [2.24, 2.45) is 5.92 Å². The van der Waals surface area contributed by atoms with Gasteiger partial charge in [-0.3, -0.25) is 10.1 Å². The van der Waals surface area contributed by atoms with Crippen molar-refractivity contribution in [2.45, 2.75) is 31.8 Å². The van der Waals surface area contributed by atoms with Gasteiger partial charge in [-0.05, 0) is 37.0 Å². The van der Waals surface area contributed by atoms with Gasteiger partial charge in [0.2, 0.25) is 0 Å². The molecule has 0 bridgehead atoms. The lowest BCUT2D eigenvalue weighted by Gasteiger charge is -2.35. The summed E-state index contributed by atoms with van der Waals surface area (Å²) in [7, 11) is 0. The minimum atomic E-state index is -0.428. The number of hydrogen-bond donors (Lipinski definition) is 0. The van der Waals surface area contributed by atoms with Gasteiger partial charge < -0.3 is 4.74 Å². The number of nitrogens with zero attached hydrogens (tertiary/aromatic N) is 1. The molecular formula is C15H15NO4. The summed E-state index contributed by atoms with van der Waals surface area (Å²) in [5.41, 5.74) is 2.05. The maximum Gasteiger partial charge on any atom is 0.331 e. The Bertz CT molecular complexity index is 576. The first-order valence-electron chi connectivity index (χ1n) is 6.80. The van der Waals surface area contributed by atoms with E-state index in [4.69, 9.17) is 4.74 Å². The average molecular weight is 273 g/mol. The van der Waals surface area contributed by atoms with Crippen LogP contribution >= 0.6 is 0 Å². The first kappa shape index (κ1) is 12.8. The largest absolute Gasteiger partial charge is 0.454 e. The number of non-ortho nitro benzene ring substituents is 1. The van der Waals surface area contributed by atoms with Crippen LogP contribution in [0.1, 0.15) is 37.4 Å². The van der Waals surface area contributed by atoms with Crippen LogP contribution in [0.25, 0.3) is 0 Å². The highest BCUT2D eigenvalue weighted by molar-refractivity contribution is 5.84. The summed E-state index contributed by atoms with van der Waals surface area (Å²) < 4.78 is 5.46. The van der Waals surface area contributed by atoms with Gasteiger partial charge in [0.25, 0.3) is 5.69 Å². The maximum absolute atomic E-state index is 11.7. The van der Waals surface area contributed by atoms with E-state index in [1.807, 2.05) is 0 Å². The molecule has 20 heavy (non-hydrogen) atoms. The summed E-state index contributed by atoms with van der Waals surface area (Å²) in [6.07, 6.45) is 5.50. The molecule has 1 aromatic rings. The molecule has 104 valence electrons. The van der Waals surface area contributed by atoms with Crippen molar-refractivity contribution in [2.75, 3.05) is 0 Å². The van der Waals surface area contributed by atoms with Crippen molar-refractivity contribution in [1.82, 2.24) is 0 Å². The zero-order chi connectivity index (χ0) is 14.1. The van der Waals surface area contributed by atoms with Gasteiger partial charge in [-0.1, -0.05) is 12.0 Å². The number of nitro groups is 1. The number of ether oxygens (including phenoxy) is 1. The summed E-state index contributed by atoms with van der Waals surface area (Å²) >= 11 is 0. The van der Waals surface area contributed by atoms with Crippen molar-refractivity contribution < 1.29 is 14.5 Å². The van der Waals surface area contributed by atoms with E-state index in [0.29, 0.717) is 0 Å². The van der Waals surface area contributed by atoms with Crippen LogP contribution < -0.4 is 0 Å². The Balaban J connectivity index is 1.90. The molecule has 0 spiro atoms. The molecule has 0 N–H and O–H groups in total. The molecule has 0 amide bonds. The Morgan fingerprint density at radius 2 is 1.95 bits per heavy atom. The van der Waals surface area contributed by atoms with Crippen molar-refractivity contribution in [1.29, 1.82) is 0 Å².